The first-order valence-electron chi connectivity index (χ1n) is 12.3. The van der Waals surface area contributed by atoms with Crippen molar-refractivity contribution < 1.29 is 22.7 Å². The number of halogens is 3. The lowest BCUT2D eigenvalue weighted by molar-refractivity contribution is -0.125. The van der Waals surface area contributed by atoms with Crippen molar-refractivity contribution in [3.05, 3.63) is 77.4 Å². The van der Waals surface area contributed by atoms with Gasteiger partial charge < -0.3 is 20.3 Å². The second-order valence-corrected chi connectivity index (χ2v) is 9.57. The lowest BCUT2D eigenvalue weighted by atomic mass is 9.88. The van der Waals surface area contributed by atoms with Crippen LogP contribution in [0, 0.1) is 6.92 Å². The van der Waals surface area contributed by atoms with Gasteiger partial charge in [-0.15, -0.1) is 0 Å². The van der Waals surface area contributed by atoms with Gasteiger partial charge >= 0.3 is 6.18 Å². The number of carbonyl (C=O) groups is 1. The number of benzene rings is 3. The highest BCUT2D eigenvalue weighted by atomic mass is 19.4. The van der Waals surface area contributed by atoms with Crippen molar-refractivity contribution in [1.82, 2.24) is 5.32 Å². The number of nitrogens with one attached hydrogen (secondary N) is 2. The number of alkyl halides is 3. The summed E-state index contributed by atoms with van der Waals surface area (Å²) in [6, 6.07) is 19.4. The lowest BCUT2D eigenvalue weighted by Gasteiger charge is -2.40. The van der Waals surface area contributed by atoms with Gasteiger partial charge in [-0.05, 0) is 78.4 Å². The summed E-state index contributed by atoms with van der Waals surface area (Å²) in [5, 5.41) is 6.08. The van der Waals surface area contributed by atoms with Gasteiger partial charge in [-0.2, -0.15) is 13.2 Å². The van der Waals surface area contributed by atoms with Crippen molar-refractivity contribution in [2.45, 2.75) is 52.0 Å². The molecule has 0 bridgehead atoms. The van der Waals surface area contributed by atoms with Crippen LogP contribution in [0.2, 0.25) is 0 Å². The second kappa shape index (κ2) is 10.8. The maximum absolute atomic E-state index is 12.5. The van der Waals surface area contributed by atoms with Gasteiger partial charge in [0, 0.05) is 25.2 Å². The summed E-state index contributed by atoms with van der Waals surface area (Å²) in [5.41, 5.74) is 6.38. The maximum Gasteiger partial charge on any atom is 0.401 e. The van der Waals surface area contributed by atoms with Crippen LogP contribution in [0.5, 0.6) is 5.75 Å². The molecule has 1 heterocycles. The number of ether oxygens (including phenoxy) is 1. The zero-order valence-electron chi connectivity index (χ0n) is 21.4. The first-order chi connectivity index (χ1) is 17.6. The average Bonchev–Trinajstić information content (AvgIpc) is 2.84. The number of nitrogens with zero attached hydrogens (tertiary/aromatic N) is 1. The summed E-state index contributed by atoms with van der Waals surface area (Å²) < 4.78 is 43.2. The summed E-state index contributed by atoms with van der Waals surface area (Å²) >= 11 is 0. The number of hydrogen-bond donors (Lipinski definition) is 2. The standard InChI is InChI=1S/C29H32F3N3O2/c1-18-8-10-25(28(12-18)37-4)34-26-13-19(2)35(20(3)36)27-11-9-23(15-24(26)27)22-7-5-6-21(14-22)16-33-17-29(30,31)32/h5-12,14-15,19,26,33-34H,13,16-17H2,1-4H3/t19-,26+/m0/s1. The van der Waals surface area contributed by atoms with E-state index in [1.807, 2.05) is 67.3 Å². The molecule has 0 unspecified atom stereocenters. The van der Waals surface area contributed by atoms with Crippen LogP contribution in [-0.4, -0.2) is 31.8 Å². The number of fused-ring (bicyclic) bond motifs is 1. The monoisotopic (exact) mass is 511 g/mol. The van der Waals surface area contributed by atoms with E-state index in [4.69, 9.17) is 4.74 Å². The van der Waals surface area contributed by atoms with E-state index in [0.29, 0.717) is 6.42 Å². The second-order valence-electron chi connectivity index (χ2n) is 9.57. The van der Waals surface area contributed by atoms with Gasteiger partial charge in [0.15, 0.2) is 0 Å². The van der Waals surface area contributed by atoms with Gasteiger partial charge in [-0.3, -0.25) is 4.79 Å². The molecular weight excluding hydrogens is 479 g/mol. The Balaban J connectivity index is 1.69. The highest BCUT2D eigenvalue weighted by Gasteiger charge is 2.33. The van der Waals surface area contributed by atoms with Gasteiger partial charge in [-0.25, -0.2) is 0 Å². The van der Waals surface area contributed by atoms with Crippen LogP contribution in [0.25, 0.3) is 11.1 Å². The maximum atomic E-state index is 12.5. The van der Waals surface area contributed by atoms with E-state index in [1.165, 1.54) is 0 Å². The summed E-state index contributed by atoms with van der Waals surface area (Å²) in [4.78, 5) is 14.4. The average molecular weight is 512 g/mol. The molecule has 4 rings (SSSR count). The van der Waals surface area contributed by atoms with Crippen LogP contribution in [-0.2, 0) is 11.3 Å². The quantitative estimate of drug-likeness (QED) is 0.374. The van der Waals surface area contributed by atoms with Crippen LogP contribution < -0.4 is 20.3 Å². The molecule has 1 amide bonds. The van der Waals surface area contributed by atoms with Crippen molar-refractivity contribution in [3.63, 3.8) is 0 Å². The van der Waals surface area contributed by atoms with Crippen LogP contribution in [0.15, 0.2) is 60.7 Å². The molecule has 37 heavy (non-hydrogen) atoms. The molecular formula is C29H32F3N3O2. The van der Waals surface area contributed by atoms with E-state index in [-0.39, 0.29) is 24.5 Å². The van der Waals surface area contributed by atoms with Gasteiger partial charge in [-0.1, -0.05) is 30.3 Å². The third-order valence-corrected chi connectivity index (χ3v) is 6.62. The summed E-state index contributed by atoms with van der Waals surface area (Å²) in [6.07, 6.45) is -3.55. The Morgan fingerprint density at radius 3 is 2.54 bits per heavy atom. The fraction of sp³-hybridized carbons (Fsp3) is 0.345. The molecule has 3 aromatic rings. The molecule has 0 saturated heterocycles. The van der Waals surface area contributed by atoms with Gasteiger partial charge in [0.2, 0.25) is 5.91 Å². The minimum atomic E-state index is -4.25. The number of amides is 1. The molecule has 0 aliphatic carbocycles. The molecule has 0 aromatic heterocycles. The predicted molar refractivity (Wildman–Crippen MR) is 141 cm³/mol. The predicted octanol–water partition coefficient (Wildman–Crippen LogP) is 6.62. The van der Waals surface area contributed by atoms with E-state index in [0.717, 1.165) is 44.9 Å². The number of rotatable bonds is 7. The van der Waals surface area contributed by atoms with Crippen molar-refractivity contribution in [3.8, 4) is 16.9 Å². The van der Waals surface area contributed by atoms with E-state index in [9.17, 15) is 18.0 Å². The fourth-order valence-electron chi connectivity index (χ4n) is 4.97. The Morgan fingerprint density at radius 1 is 1.08 bits per heavy atom. The molecule has 0 saturated carbocycles. The summed E-state index contributed by atoms with van der Waals surface area (Å²) in [5.74, 6) is 0.726. The molecule has 196 valence electrons. The van der Waals surface area contributed by atoms with E-state index in [2.05, 4.69) is 16.7 Å². The zero-order valence-corrected chi connectivity index (χ0v) is 21.4. The molecule has 5 nitrogen and oxygen atoms in total. The SMILES string of the molecule is COc1cc(C)ccc1N[C@@H]1C[C@H](C)N(C(C)=O)c2ccc(-c3cccc(CNCC(F)(F)F)c3)cc21. The normalized spacial score (nSPS) is 17.3. The smallest absolute Gasteiger partial charge is 0.401 e. The first-order valence-corrected chi connectivity index (χ1v) is 12.3. The molecule has 3 aromatic carbocycles. The molecule has 2 N–H and O–H groups in total. The Labute approximate surface area is 215 Å². The number of hydrogen-bond acceptors (Lipinski definition) is 4. The number of methoxy groups -OCH3 is 1. The highest BCUT2D eigenvalue weighted by Crippen LogP contribution is 2.42. The largest absolute Gasteiger partial charge is 0.495 e. The van der Waals surface area contributed by atoms with Crippen molar-refractivity contribution >= 4 is 17.3 Å². The molecule has 0 radical (unpaired) electrons. The first kappa shape index (κ1) is 26.5. The minimum absolute atomic E-state index is 0.00664. The van der Waals surface area contributed by atoms with Gasteiger partial charge in [0.1, 0.15) is 5.75 Å². The van der Waals surface area contributed by atoms with Crippen LogP contribution in [0.1, 0.15) is 43.0 Å². The Bertz CT molecular complexity index is 1280. The number of anilines is 2. The van der Waals surface area contributed by atoms with E-state index >= 15 is 0 Å². The van der Waals surface area contributed by atoms with E-state index < -0.39 is 12.7 Å². The van der Waals surface area contributed by atoms with Gasteiger partial charge in [0.05, 0.1) is 25.4 Å². The molecule has 8 heteroatoms. The van der Waals surface area contributed by atoms with Crippen LogP contribution >= 0.6 is 0 Å². The summed E-state index contributed by atoms with van der Waals surface area (Å²) in [6.45, 7) is 4.70. The van der Waals surface area contributed by atoms with Crippen molar-refractivity contribution in [2.24, 2.45) is 0 Å². The Kier molecular flexibility index (Phi) is 7.78. The van der Waals surface area contributed by atoms with Gasteiger partial charge in [0.25, 0.3) is 0 Å². The summed E-state index contributed by atoms with van der Waals surface area (Å²) in [7, 11) is 1.64. The van der Waals surface area contributed by atoms with Crippen molar-refractivity contribution in [2.75, 3.05) is 23.9 Å². The lowest BCUT2D eigenvalue weighted by Crippen LogP contribution is -2.43. The fourth-order valence-corrected chi connectivity index (χ4v) is 4.97. The van der Waals surface area contributed by atoms with Crippen molar-refractivity contribution in [1.29, 1.82) is 0 Å². The minimum Gasteiger partial charge on any atom is -0.495 e. The molecule has 0 spiro atoms. The van der Waals surface area contributed by atoms with E-state index in [1.54, 1.807) is 20.1 Å². The Morgan fingerprint density at radius 2 is 1.84 bits per heavy atom. The molecule has 1 aliphatic heterocycles. The topological polar surface area (TPSA) is 53.6 Å². The number of carbonyl (C=O) groups excluding carboxylic acids is 1. The van der Waals surface area contributed by atoms with Crippen LogP contribution in [0.4, 0.5) is 24.5 Å². The number of aryl methyl sites for hydroxylation is 1. The zero-order chi connectivity index (χ0) is 26.7. The molecule has 0 fully saturated rings. The third-order valence-electron chi connectivity index (χ3n) is 6.62. The molecule has 1 aliphatic rings. The highest BCUT2D eigenvalue weighted by molar-refractivity contribution is 5.94. The molecule has 2 atom stereocenters. The Hall–Kier alpha value is -3.52. The third kappa shape index (κ3) is 6.25. The van der Waals surface area contributed by atoms with Crippen LogP contribution in [0.3, 0.4) is 0 Å².